The van der Waals surface area contributed by atoms with Crippen LogP contribution in [0.3, 0.4) is 0 Å². The molecule has 328 valence electrons. The lowest BCUT2D eigenvalue weighted by molar-refractivity contribution is -0.137. The van der Waals surface area contributed by atoms with Crippen molar-refractivity contribution in [1.29, 1.82) is 0 Å². The van der Waals surface area contributed by atoms with E-state index in [9.17, 15) is 32.4 Å². The molecule has 19 heteroatoms. The summed E-state index contributed by atoms with van der Waals surface area (Å²) in [6.45, 7) is 4.44. The number of rotatable bonds is 14. The topological polar surface area (TPSA) is 194 Å². The van der Waals surface area contributed by atoms with Crippen molar-refractivity contribution in [3.05, 3.63) is 107 Å². The molecule has 3 aliphatic heterocycles. The van der Waals surface area contributed by atoms with E-state index in [1.54, 1.807) is 37.4 Å². The van der Waals surface area contributed by atoms with E-state index in [1.807, 2.05) is 29.2 Å². The van der Waals surface area contributed by atoms with Crippen molar-refractivity contribution >= 4 is 62.0 Å². The van der Waals surface area contributed by atoms with Gasteiger partial charge in [-0.3, -0.25) is 34.0 Å². The number of ether oxygens (including phenoxy) is 1. The van der Waals surface area contributed by atoms with Crippen molar-refractivity contribution in [2.45, 2.75) is 45.2 Å². The number of piperidine rings is 1. The van der Waals surface area contributed by atoms with Crippen LogP contribution in [0.5, 0.6) is 5.75 Å². The van der Waals surface area contributed by atoms with E-state index in [4.69, 9.17) is 4.74 Å². The summed E-state index contributed by atoms with van der Waals surface area (Å²) in [6, 6.07) is 15.6. The molecule has 5 aromatic rings. The number of ketones is 1. The average molecular weight is 883 g/mol. The minimum Gasteiger partial charge on any atom is -0.493 e. The van der Waals surface area contributed by atoms with Gasteiger partial charge >= 0.3 is 10.2 Å². The molecule has 1 atom stereocenters. The summed E-state index contributed by atoms with van der Waals surface area (Å²) in [5, 5.41) is 2.63. The van der Waals surface area contributed by atoms with Gasteiger partial charge in [0.25, 0.3) is 5.91 Å². The van der Waals surface area contributed by atoms with E-state index < -0.39 is 50.8 Å². The van der Waals surface area contributed by atoms with Gasteiger partial charge in [-0.2, -0.15) is 12.7 Å². The summed E-state index contributed by atoms with van der Waals surface area (Å²) < 4.78 is 64.8. The Morgan fingerprint density at radius 1 is 1.00 bits per heavy atom. The van der Waals surface area contributed by atoms with E-state index in [-0.39, 0.29) is 62.2 Å². The van der Waals surface area contributed by atoms with Crippen LogP contribution in [-0.2, 0) is 31.1 Å². The van der Waals surface area contributed by atoms with Gasteiger partial charge in [0.1, 0.15) is 23.3 Å². The lowest BCUT2D eigenvalue weighted by Crippen LogP contribution is -2.52. The molecule has 8 rings (SSSR count). The number of anilines is 2. The quantitative estimate of drug-likeness (QED) is 0.0806. The summed E-state index contributed by atoms with van der Waals surface area (Å²) >= 11 is 0. The molecule has 0 bridgehead atoms. The van der Waals surface area contributed by atoms with Crippen molar-refractivity contribution in [3.8, 4) is 16.9 Å². The lowest BCUT2D eigenvalue weighted by atomic mass is 9.99. The number of benzene rings is 3. The molecule has 3 aliphatic rings. The molecule has 3 N–H and O–H groups in total. The first-order chi connectivity index (χ1) is 30.2. The Kier molecular flexibility index (Phi) is 12.0. The average Bonchev–Trinajstić information content (AvgIpc) is 3.86. The largest absolute Gasteiger partial charge is 0.493 e. The summed E-state index contributed by atoms with van der Waals surface area (Å²) in [6.07, 6.45) is 4.12. The predicted octanol–water partition coefficient (Wildman–Crippen LogP) is 4.62. The van der Waals surface area contributed by atoms with Gasteiger partial charge in [-0.25, -0.2) is 13.8 Å². The zero-order chi connectivity index (χ0) is 44.6. The summed E-state index contributed by atoms with van der Waals surface area (Å²) in [5.74, 6) is -4.04. The normalized spacial score (nSPS) is 16.7. The van der Waals surface area contributed by atoms with E-state index in [0.717, 1.165) is 27.7 Å². The number of piperazine rings is 1. The number of H-pyrrole nitrogens is 1. The minimum atomic E-state index is -4.15. The Morgan fingerprint density at radius 2 is 1.76 bits per heavy atom. The number of hydrogen-bond acceptors (Lipinski definition) is 10. The number of carbonyl (C=O) groups excluding carboxylic acids is 5. The molecule has 4 amide bonds. The second kappa shape index (κ2) is 17.6. The van der Waals surface area contributed by atoms with Crippen LogP contribution in [0.25, 0.3) is 22.2 Å². The number of pyridine rings is 1. The van der Waals surface area contributed by atoms with Crippen LogP contribution < -0.4 is 19.7 Å². The number of carbonyl (C=O) groups is 5. The molecule has 5 heterocycles. The van der Waals surface area contributed by atoms with Crippen LogP contribution in [0, 0.1) is 11.6 Å². The number of imide groups is 1. The van der Waals surface area contributed by atoms with Crippen molar-refractivity contribution in [1.82, 2.24) is 29.4 Å². The van der Waals surface area contributed by atoms with Crippen LogP contribution in [0.4, 0.5) is 20.2 Å². The van der Waals surface area contributed by atoms with E-state index >= 15 is 8.78 Å². The maximum Gasteiger partial charge on any atom is 0.301 e. The molecule has 3 aromatic carbocycles. The third kappa shape index (κ3) is 8.57. The van der Waals surface area contributed by atoms with Crippen molar-refractivity contribution in [3.63, 3.8) is 0 Å². The fourth-order valence-electron chi connectivity index (χ4n) is 8.04. The number of aromatic amines is 1. The highest BCUT2D eigenvalue weighted by atomic mass is 32.2. The number of amides is 4. The first-order valence-electron chi connectivity index (χ1n) is 20.5. The van der Waals surface area contributed by atoms with Gasteiger partial charge < -0.3 is 24.4 Å². The first-order valence-corrected chi connectivity index (χ1v) is 21.9. The third-order valence-corrected chi connectivity index (χ3v) is 13.3. The van der Waals surface area contributed by atoms with Crippen LogP contribution >= 0.6 is 0 Å². The number of nitrogens with one attached hydrogen (secondary N) is 3. The molecule has 0 radical (unpaired) electrons. The molecular weight excluding hydrogens is 839 g/mol. The molecule has 2 fully saturated rings. The Bertz CT molecular complexity index is 2760. The second-order valence-electron chi connectivity index (χ2n) is 15.5. The summed E-state index contributed by atoms with van der Waals surface area (Å²) in [4.78, 5) is 76.8. The SMILES string of the molecule is CCN(C)S(=O)(=O)Nc1ccc(F)c(C(=O)c2c[nH]c3ncc(-c4ccc(N5CCN(C(=O)CCCOc6cccc7c6CN(C6CCC(=O)NC6=O)C7=O)CC5)cc4)cc23)c1F. The molecule has 63 heavy (non-hydrogen) atoms. The number of aromatic nitrogens is 2. The fourth-order valence-corrected chi connectivity index (χ4v) is 8.98. The van der Waals surface area contributed by atoms with E-state index in [0.29, 0.717) is 66.1 Å². The van der Waals surface area contributed by atoms with Gasteiger partial charge in [-0.15, -0.1) is 0 Å². The molecular formula is C44H44F2N8O8S. The van der Waals surface area contributed by atoms with Crippen LogP contribution in [-0.4, -0.2) is 114 Å². The molecule has 2 aromatic heterocycles. The van der Waals surface area contributed by atoms with Gasteiger partial charge in [0, 0.05) is 98.3 Å². The second-order valence-corrected chi connectivity index (χ2v) is 17.3. The molecule has 0 aliphatic carbocycles. The molecule has 16 nitrogen and oxygen atoms in total. The van der Waals surface area contributed by atoms with Gasteiger partial charge in [-0.05, 0) is 60.9 Å². The number of nitrogens with zero attached hydrogens (tertiary/aromatic N) is 5. The standard InChI is InChI=1S/C44H44F2N8O8S/c1-3-51(2)63(60,61)50-34-14-13-33(45)39(40(34)46)41(57)31-24-48-42-30(31)22-27(23-47-42)26-9-11-28(12-10-26)52-17-19-53(20-18-52)38(56)8-5-21-62-36-7-4-6-29-32(36)25-54(44(29)59)35-15-16-37(55)49-43(35)58/h4,6-7,9-14,22-24,35,50H,3,5,8,15-21,25H2,1-2H3,(H,47,48)(H,49,55,58). The van der Waals surface area contributed by atoms with Crippen LogP contribution in [0.1, 0.15) is 64.4 Å². The monoisotopic (exact) mass is 882 g/mol. The Labute approximate surface area is 361 Å². The number of hydrogen-bond donors (Lipinski definition) is 3. The Morgan fingerprint density at radius 3 is 2.49 bits per heavy atom. The summed E-state index contributed by atoms with van der Waals surface area (Å²) in [5.41, 5.74) is 2.31. The maximum atomic E-state index is 15.6. The molecule has 0 saturated carbocycles. The fraction of sp³-hybridized carbons (Fsp3) is 0.318. The van der Waals surface area contributed by atoms with Gasteiger partial charge in [0.15, 0.2) is 5.82 Å². The maximum absolute atomic E-state index is 15.6. The van der Waals surface area contributed by atoms with E-state index in [1.165, 1.54) is 18.1 Å². The van der Waals surface area contributed by atoms with E-state index in [2.05, 4.69) is 24.9 Å². The Balaban J connectivity index is 0.847. The predicted molar refractivity (Wildman–Crippen MR) is 228 cm³/mol. The zero-order valence-electron chi connectivity index (χ0n) is 34.4. The van der Waals surface area contributed by atoms with Gasteiger partial charge in [0.2, 0.25) is 23.5 Å². The lowest BCUT2D eigenvalue weighted by Gasteiger charge is -2.36. The summed E-state index contributed by atoms with van der Waals surface area (Å²) in [7, 11) is -2.86. The highest BCUT2D eigenvalue weighted by Crippen LogP contribution is 2.34. The van der Waals surface area contributed by atoms with Crippen molar-refractivity contribution in [2.75, 3.05) is 56.0 Å². The van der Waals surface area contributed by atoms with Gasteiger partial charge in [0.05, 0.1) is 24.4 Å². The molecule has 0 spiro atoms. The third-order valence-electron chi connectivity index (χ3n) is 11.7. The number of fused-ring (bicyclic) bond motifs is 2. The highest BCUT2D eigenvalue weighted by Gasteiger charge is 2.40. The van der Waals surface area contributed by atoms with Crippen LogP contribution in [0.2, 0.25) is 0 Å². The zero-order valence-corrected chi connectivity index (χ0v) is 35.3. The highest BCUT2D eigenvalue weighted by molar-refractivity contribution is 7.90. The van der Waals surface area contributed by atoms with Gasteiger partial charge in [-0.1, -0.05) is 25.1 Å². The van der Waals surface area contributed by atoms with Crippen molar-refractivity contribution in [2.24, 2.45) is 0 Å². The van der Waals surface area contributed by atoms with Crippen LogP contribution in [0.15, 0.2) is 73.1 Å². The smallest absolute Gasteiger partial charge is 0.301 e. The molecule has 1 unspecified atom stereocenters. The Hall–Kier alpha value is -6.73. The molecule has 2 saturated heterocycles. The number of halogens is 2. The minimum absolute atomic E-state index is 0.0131. The van der Waals surface area contributed by atoms with Crippen molar-refractivity contribution < 1.29 is 45.9 Å². The first kappa shape index (κ1) is 42.9.